The molecule has 5 nitrogen and oxygen atoms in total. The van der Waals surface area contributed by atoms with E-state index < -0.39 is 10.0 Å². The van der Waals surface area contributed by atoms with Gasteiger partial charge in [-0.25, -0.2) is 13.1 Å². The van der Waals surface area contributed by atoms with Crippen molar-refractivity contribution in [1.82, 2.24) is 9.62 Å². The van der Waals surface area contributed by atoms with E-state index in [0.29, 0.717) is 17.9 Å². The van der Waals surface area contributed by atoms with E-state index in [4.69, 9.17) is 5.73 Å². The molecule has 3 N–H and O–H groups in total. The fraction of sp³-hybridized carbons (Fsp3) is 0.571. The third-order valence-electron chi connectivity index (χ3n) is 3.75. The standard InChI is InChI=1S/C14H23N3O2S/c1-3-12-5-4-11(9-15)8-14(12)20(18,19)16-13-6-7-17(2)10-13/h4-5,8,13,16H,3,6-7,9-10,15H2,1-2H3. The zero-order valence-electron chi connectivity index (χ0n) is 12.1. The van der Waals surface area contributed by atoms with Crippen LogP contribution in [0.2, 0.25) is 0 Å². The minimum atomic E-state index is -3.47. The molecule has 0 amide bonds. The van der Waals surface area contributed by atoms with Gasteiger partial charge in [0.05, 0.1) is 4.90 Å². The van der Waals surface area contributed by atoms with Crippen LogP contribution in [0.25, 0.3) is 0 Å². The van der Waals surface area contributed by atoms with Crippen molar-refractivity contribution < 1.29 is 8.42 Å². The molecule has 0 bridgehead atoms. The lowest BCUT2D eigenvalue weighted by molar-refractivity contribution is 0.407. The Labute approximate surface area is 121 Å². The highest BCUT2D eigenvalue weighted by molar-refractivity contribution is 7.89. The maximum atomic E-state index is 12.6. The molecule has 0 aromatic heterocycles. The van der Waals surface area contributed by atoms with Gasteiger partial charge >= 0.3 is 0 Å². The molecule has 20 heavy (non-hydrogen) atoms. The van der Waals surface area contributed by atoms with Gasteiger partial charge in [-0.3, -0.25) is 0 Å². The van der Waals surface area contributed by atoms with E-state index in [9.17, 15) is 8.42 Å². The lowest BCUT2D eigenvalue weighted by Gasteiger charge is -2.16. The molecule has 1 aromatic rings. The van der Waals surface area contributed by atoms with Crippen molar-refractivity contribution in [3.8, 4) is 0 Å². The van der Waals surface area contributed by atoms with Crippen LogP contribution in [0.1, 0.15) is 24.5 Å². The van der Waals surface area contributed by atoms with E-state index >= 15 is 0 Å². The number of nitrogens with one attached hydrogen (secondary N) is 1. The summed E-state index contributed by atoms with van der Waals surface area (Å²) in [6.07, 6.45) is 1.54. The monoisotopic (exact) mass is 297 g/mol. The second-order valence-electron chi connectivity index (χ2n) is 5.37. The summed E-state index contributed by atoms with van der Waals surface area (Å²) in [6, 6.07) is 5.44. The number of nitrogens with zero attached hydrogens (tertiary/aromatic N) is 1. The van der Waals surface area contributed by atoms with Gasteiger partial charge in [0, 0.05) is 19.1 Å². The molecule has 0 aliphatic carbocycles. The summed E-state index contributed by atoms with van der Waals surface area (Å²) < 4.78 is 28.0. The van der Waals surface area contributed by atoms with Crippen LogP contribution in [0.15, 0.2) is 23.1 Å². The van der Waals surface area contributed by atoms with Crippen molar-refractivity contribution in [3.05, 3.63) is 29.3 Å². The highest BCUT2D eigenvalue weighted by Crippen LogP contribution is 2.20. The molecule has 1 atom stereocenters. The molecule has 0 spiro atoms. The third kappa shape index (κ3) is 3.38. The zero-order chi connectivity index (χ0) is 14.8. The normalized spacial score (nSPS) is 20.4. The Morgan fingerprint density at radius 2 is 2.20 bits per heavy atom. The molecular formula is C14H23N3O2S. The second kappa shape index (κ2) is 6.22. The Morgan fingerprint density at radius 3 is 2.75 bits per heavy atom. The van der Waals surface area contributed by atoms with Gasteiger partial charge in [0.1, 0.15) is 0 Å². The summed E-state index contributed by atoms with van der Waals surface area (Å²) in [5.74, 6) is 0. The topological polar surface area (TPSA) is 75.4 Å². The summed E-state index contributed by atoms with van der Waals surface area (Å²) in [5.41, 5.74) is 7.29. The molecule has 1 aromatic carbocycles. The van der Waals surface area contributed by atoms with Gasteiger partial charge in [-0.05, 0) is 43.6 Å². The third-order valence-corrected chi connectivity index (χ3v) is 5.35. The number of rotatable bonds is 5. The molecule has 112 valence electrons. The Kier molecular flexibility index (Phi) is 4.80. The first-order valence-electron chi connectivity index (χ1n) is 6.99. The molecule has 1 aliphatic heterocycles. The van der Waals surface area contributed by atoms with Crippen molar-refractivity contribution in [1.29, 1.82) is 0 Å². The maximum Gasteiger partial charge on any atom is 0.241 e. The predicted molar refractivity (Wildman–Crippen MR) is 79.9 cm³/mol. The summed E-state index contributed by atoms with van der Waals surface area (Å²) in [7, 11) is -1.47. The van der Waals surface area contributed by atoms with E-state index in [-0.39, 0.29) is 6.04 Å². The number of likely N-dealkylation sites (N-methyl/N-ethyl adjacent to an activating group) is 1. The SMILES string of the molecule is CCc1ccc(CN)cc1S(=O)(=O)NC1CCN(C)C1. The molecule has 0 radical (unpaired) electrons. The van der Waals surface area contributed by atoms with E-state index in [1.54, 1.807) is 6.07 Å². The van der Waals surface area contributed by atoms with Crippen molar-refractivity contribution in [2.24, 2.45) is 5.73 Å². The Bertz CT molecular complexity index is 572. The van der Waals surface area contributed by atoms with Gasteiger partial charge in [0.15, 0.2) is 0 Å². The molecule has 2 rings (SSSR count). The number of hydrogen-bond donors (Lipinski definition) is 2. The lowest BCUT2D eigenvalue weighted by Crippen LogP contribution is -2.36. The maximum absolute atomic E-state index is 12.6. The van der Waals surface area contributed by atoms with Crippen LogP contribution >= 0.6 is 0 Å². The van der Waals surface area contributed by atoms with Crippen molar-refractivity contribution in [2.45, 2.75) is 37.2 Å². The molecule has 1 fully saturated rings. The number of aryl methyl sites for hydroxylation is 1. The summed E-state index contributed by atoms with van der Waals surface area (Å²) in [6.45, 7) is 3.99. The zero-order valence-corrected chi connectivity index (χ0v) is 12.9. The number of sulfonamides is 1. The van der Waals surface area contributed by atoms with Crippen molar-refractivity contribution >= 4 is 10.0 Å². The van der Waals surface area contributed by atoms with Crippen LogP contribution in [0.4, 0.5) is 0 Å². The first-order valence-corrected chi connectivity index (χ1v) is 8.47. The molecule has 0 saturated carbocycles. The summed E-state index contributed by atoms with van der Waals surface area (Å²) in [5, 5.41) is 0. The first-order chi connectivity index (χ1) is 9.46. The van der Waals surface area contributed by atoms with Crippen LogP contribution in [0.5, 0.6) is 0 Å². The lowest BCUT2D eigenvalue weighted by atomic mass is 10.1. The molecule has 6 heteroatoms. The first kappa shape index (κ1) is 15.4. The Hall–Kier alpha value is -0.950. The predicted octanol–water partition coefficient (Wildman–Crippen LogP) is 0.690. The number of benzene rings is 1. The van der Waals surface area contributed by atoms with Gasteiger partial charge in [0.2, 0.25) is 10.0 Å². The van der Waals surface area contributed by atoms with Crippen LogP contribution in [-0.2, 0) is 23.0 Å². The average molecular weight is 297 g/mol. The van der Waals surface area contributed by atoms with Crippen LogP contribution in [0, 0.1) is 0 Å². The van der Waals surface area contributed by atoms with Gasteiger partial charge in [0.25, 0.3) is 0 Å². The van der Waals surface area contributed by atoms with Crippen molar-refractivity contribution in [2.75, 3.05) is 20.1 Å². The highest BCUT2D eigenvalue weighted by Gasteiger charge is 2.26. The minimum Gasteiger partial charge on any atom is -0.326 e. The van der Waals surface area contributed by atoms with E-state index in [1.807, 2.05) is 26.1 Å². The quantitative estimate of drug-likeness (QED) is 0.838. The number of hydrogen-bond acceptors (Lipinski definition) is 4. The van der Waals surface area contributed by atoms with E-state index in [1.165, 1.54) is 0 Å². The van der Waals surface area contributed by atoms with Gasteiger partial charge < -0.3 is 10.6 Å². The fourth-order valence-corrected chi connectivity index (χ4v) is 4.20. The average Bonchev–Trinajstić information content (AvgIpc) is 2.82. The van der Waals surface area contributed by atoms with Gasteiger partial charge in [-0.15, -0.1) is 0 Å². The Balaban J connectivity index is 2.28. The highest BCUT2D eigenvalue weighted by atomic mass is 32.2. The van der Waals surface area contributed by atoms with Crippen molar-refractivity contribution in [3.63, 3.8) is 0 Å². The molecular weight excluding hydrogens is 274 g/mol. The Morgan fingerprint density at radius 1 is 1.45 bits per heavy atom. The largest absolute Gasteiger partial charge is 0.326 e. The minimum absolute atomic E-state index is 0.00348. The molecule has 1 unspecified atom stereocenters. The molecule has 1 saturated heterocycles. The number of nitrogens with two attached hydrogens (primary N) is 1. The number of likely N-dealkylation sites (tertiary alicyclic amines) is 1. The van der Waals surface area contributed by atoms with Gasteiger partial charge in [-0.2, -0.15) is 0 Å². The fourth-order valence-electron chi connectivity index (χ4n) is 2.58. The smallest absolute Gasteiger partial charge is 0.241 e. The summed E-state index contributed by atoms with van der Waals surface area (Å²) >= 11 is 0. The summed E-state index contributed by atoms with van der Waals surface area (Å²) in [4.78, 5) is 2.50. The van der Waals surface area contributed by atoms with E-state index in [2.05, 4.69) is 9.62 Å². The molecule has 1 heterocycles. The van der Waals surface area contributed by atoms with Crippen LogP contribution in [0.3, 0.4) is 0 Å². The van der Waals surface area contributed by atoms with E-state index in [0.717, 1.165) is 30.6 Å². The molecule has 1 aliphatic rings. The second-order valence-corrected chi connectivity index (χ2v) is 7.05. The van der Waals surface area contributed by atoms with Crippen LogP contribution < -0.4 is 10.5 Å². The van der Waals surface area contributed by atoms with Gasteiger partial charge in [-0.1, -0.05) is 19.1 Å². The van der Waals surface area contributed by atoms with Crippen LogP contribution in [-0.4, -0.2) is 39.5 Å².